The van der Waals surface area contributed by atoms with Crippen molar-refractivity contribution in [3.8, 4) is 0 Å². The Labute approximate surface area is 125 Å². The van der Waals surface area contributed by atoms with Gasteiger partial charge in [0.25, 0.3) is 0 Å². The van der Waals surface area contributed by atoms with Gasteiger partial charge < -0.3 is 10.1 Å². The Balaban J connectivity index is 2.98. The number of sulfonamides is 1. The molecule has 1 aromatic carbocycles. The predicted octanol–water partition coefficient (Wildman–Crippen LogP) is 1.76. The molecule has 0 saturated heterocycles. The largest absolute Gasteiger partial charge is 0.383 e. The highest BCUT2D eigenvalue weighted by atomic mass is 35.5. The average molecular weight is 321 g/mol. The maximum Gasteiger partial charge on any atom is 0.242 e. The molecule has 0 aliphatic heterocycles. The van der Waals surface area contributed by atoms with Crippen LogP contribution in [0.3, 0.4) is 0 Å². The van der Waals surface area contributed by atoms with Gasteiger partial charge in [0.15, 0.2) is 0 Å². The Kier molecular flexibility index (Phi) is 6.91. The summed E-state index contributed by atoms with van der Waals surface area (Å²) in [6.45, 7) is 5.44. The molecule has 0 spiro atoms. The van der Waals surface area contributed by atoms with Crippen molar-refractivity contribution in [1.82, 2.24) is 10.0 Å². The molecule has 114 valence electrons. The molecule has 1 unspecified atom stereocenters. The maximum absolute atomic E-state index is 12.3. The number of ether oxygens (including phenoxy) is 1. The summed E-state index contributed by atoms with van der Waals surface area (Å²) in [6.07, 6.45) is 0. The van der Waals surface area contributed by atoms with E-state index in [1.807, 2.05) is 13.0 Å². The summed E-state index contributed by atoms with van der Waals surface area (Å²) in [5, 5.41) is 3.36. The quantitative estimate of drug-likeness (QED) is 0.766. The third-order valence-electron chi connectivity index (χ3n) is 2.64. The minimum Gasteiger partial charge on any atom is -0.383 e. The molecule has 5 nitrogen and oxygen atoms in total. The van der Waals surface area contributed by atoms with Crippen LogP contribution in [-0.2, 0) is 21.3 Å². The first-order chi connectivity index (χ1) is 9.40. The van der Waals surface area contributed by atoms with Crippen molar-refractivity contribution in [2.75, 3.05) is 20.3 Å². The molecule has 1 rings (SSSR count). The van der Waals surface area contributed by atoms with Gasteiger partial charge in [0.2, 0.25) is 10.0 Å². The molecule has 0 saturated carbocycles. The highest BCUT2D eigenvalue weighted by Gasteiger charge is 2.20. The fourth-order valence-electron chi connectivity index (χ4n) is 1.75. The Morgan fingerprint density at radius 1 is 1.40 bits per heavy atom. The summed E-state index contributed by atoms with van der Waals surface area (Å²) in [7, 11) is -2.13. The van der Waals surface area contributed by atoms with Gasteiger partial charge in [-0.3, -0.25) is 0 Å². The fraction of sp³-hybridized carbons (Fsp3) is 0.538. The molecule has 0 heterocycles. The van der Waals surface area contributed by atoms with Gasteiger partial charge in [-0.2, -0.15) is 0 Å². The molecule has 1 atom stereocenters. The maximum atomic E-state index is 12.3. The Hall–Kier alpha value is -0.660. The number of rotatable bonds is 8. The van der Waals surface area contributed by atoms with E-state index in [1.54, 1.807) is 19.1 Å². The predicted molar refractivity (Wildman–Crippen MR) is 80.5 cm³/mol. The molecule has 0 aliphatic rings. The molecule has 2 N–H and O–H groups in total. The first-order valence-electron chi connectivity index (χ1n) is 6.41. The lowest BCUT2D eigenvalue weighted by atomic mass is 10.2. The zero-order chi connectivity index (χ0) is 15.2. The zero-order valence-electron chi connectivity index (χ0n) is 11.9. The van der Waals surface area contributed by atoms with E-state index in [2.05, 4.69) is 10.0 Å². The van der Waals surface area contributed by atoms with Crippen molar-refractivity contribution in [3.05, 3.63) is 28.8 Å². The van der Waals surface area contributed by atoms with E-state index in [1.165, 1.54) is 7.11 Å². The Morgan fingerprint density at radius 2 is 2.10 bits per heavy atom. The monoisotopic (exact) mass is 320 g/mol. The summed E-state index contributed by atoms with van der Waals surface area (Å²) >= 11 is 6.00. The van der Waals surface area contributed by atoms with E-state index in [0.29, 0.717) is 13.2 Å². The molecule has 0 amide bonds. The highest BCUT2D eigenvalue weighted by Crippen LogP contribution is 2.22. The third kappa shape index (κ3) is 5.03. The van der Waals surface area contributed by atoms with Gasteiger partial charge in [-0.1, -0.05) is 24.6 Å². The standard InChI is InChI=1S/C13H21ClN2O3S/c1-4-15-8-11-5-6-12(14)13(7-11)20(17,18)16-10(2)9-19-3/h5-7,10,15-16H,4,8-9H2,1-3H3. The minimum absolute atomic E-state index is 0.0949. The van der Waals surface area contributed by atoms with Crippen LogP contribution >= 0.6 is 11.6 Å². The Bertz CT molecular complexity index is 534. The summed E-state index contributed by atoms with van der Waals surface area (Å²) < 4.78 is 32.0. The second-order valence-corrected chi connectivity index (χ2v) is 6.61. The van der Waals surface area contributed by atoms with Crippen LogP contribution in [0, 0.1) is 0 Å². The minimum atomic E-state index is -3.65. The van der Waals surface area contributed by atoms with Crippen molar-refractivity contribution < 1.29 is 13.2 Å². The van der Waals surface area contributed by atoms with Crippen LogP contribution < -0.4 is 10.0 Å². The van der Waals surface area contributed by atoms with Gasteiger partial charge in [-0.05, 0) is 31.2 Å². The van der Waals surface area contributed by atoms with Crippen LogP contribution in [0.2, 0.25) is 5.02 Å². The number of benzene rings is 1. The second-order valence-electron chi connectivity index (χ2n) is 4.52. The molecule has 1 aromatic rings. The lowest BCUT2D eigenvalue weighted by Crippen LogP contribution is -2.35. The van der Waals surface area contributed by atoms with E-state index < -0.39 is 10.0 Å². The first-order valence-corrected chi connectivity index (χ1v) is 8.27. The fourth-order valence-corrected chi connectivity index (χ4v) is 3.52. The second kappa shape index (κ2) is 7.95. The van der Waals surface area contributed by atoms with Crippen LogP contribution in [0.4, 0.5) is 0 Å². The van der Waals surface area contributed by atoms with E-state index in [9.17, 15) is 8.42 Å². The van der Waals surface area contributed by atoms with Gasteiger partial charge in [-0.15, -0.1) is 0 Å². The molecule has 0 aliphatic carbocycles. The molecule has 7 heteroatoms. The van der Waals surface area contributed by atoms with Crippen molar-refractivity contribution in [2.45, 2.75) is 31.3 Å². The van der Waals surface area contributed by atoms with Crippen molar-refractivity contribution in [1.29, 1.82) is 0 Å². The van der Waals surface area contributed by atoms with Crippen molar-refractivity contribution >= 4 is 21.6 Å². The van der Waals surface area contributed by atoms with Crippen molar-refractivity contribution in [3.63, 3.8) is 0 Å². The van der Waals surface area contributed by atoms with E-state index in [-0.39, 0.29) is 16.0 Å². The van der Waals surface area contributed by atoms with Gasteiger partial charge in [-0.25, -0.2) is 13.1 Å². The lowest BCUT2D eigenvalue weighted by Gasteiger charge is -2.15. The van der Waals surface area contributed by atoms with Crippen LogP contribution in [0.25, 0.3) is 0 Å². The topological polar surface area (TPSA) is 67.4 Å². The normalized spacial score (nSPS) is 13.4. The molecular weight excluding hydrogens is 300 g/mol. The molecule has 0 radical (unpaired) electrons. The number of hydrogen-bond donors (Lipinski definition) is 2. The third-order valence-corrected chi connectivity index (χ3v) is 4.71. The average Bonchev–Trinajstić information content (AvgIpc) is 2.37. The van der Waals surface area contributed by atoms with Crippen LogP contribution in [0.1, 0.15) is 19.4 Å². The SMILES string of the molecule is CCNCc1ccc(Cl)c(S(=O)(=O)NC(C)COC)c1. The first kappa shape index (κ1) is 17.4. The molecular formula is C13H21ClN2O3S. The van der Waals surface area contributed by atoms with Crippen LogP contribution in [0.15, 0.2) is 23.1 Å². The van der Waals surface area contributed by atoms with Gasteiger partial charge in [0.05, 0.1) is 11.6 Å². The van der Waals surface area contributed by atoms with Gasteiger partial charge >= 0.3 is 0 Å². The molecule has 0 aromatic heterocycles. The summed E-state index contributed by atoms with van der Waals surface area (Å²) in [5.41, 5.74) is 0.871. The van der Waals surface area contributed by atoms with Crippen LogP contribution in [0.5, 0.6) is 0 Å². The highest BCUT2D eigenvalue weighted by molar-refractivity contribution is 7.89. The lowest BCUT2D eigenvalue weighted by molar-refractivity contribution is 0.180. The van der Waals surface area contributed by atoms with Gasteiger partial charge in [0.1, 0.15) is 4.90 Å². The van der Waals surface area contributed by atoms with E-state index >= 15 is 0 Å². The summed E-state index contributed by atoms with van der Waals surface area (Å²) in [5.74, 6) is 0. The number of nitrogens with one attached hydrogen (secondary N) is 2. The van der Waals surface area contributed by atoms with Gasteiger partial charge in [0, 0.05) is 19.7 Å². The van der Waals surface area contributed by atoms with Crippen LogP contribution in [-0.4, -0.2) is 34.7 Å². The number of halogens is 1. The number of hydrogen-bond acceptors (Lipinski definition) is 4. The zero-order valence-corrected chi connectivity index (χ0v) is 13.5. The van der Waals surface area contributed by atoms with E-state index in [4.69, 9.17) is 16.3 Å². The molecule has 20 heavy (non-hydrogen) atoms. The Morgan fingerprint density at radius 3 is 2.70 bits per heavy atom. The summed E-state index contributed by atoms with van der Waals surface area (Å²) in [4.78, 5) is 0.0949. The molecule has 0 bridgehead atoms. The van der Waals surface area contributed by atoms with Crippen molar-refractivity contribution in [2.24, 2.45) is 0 Å². The van der Waals surface area contributed by atoms with E-state index in [0.717, 1.165) is 12.1 Å². The smallest absolute Gasteiger partial charge is 0.242 e. The molecule has 0 fully saturated rings. The summed E-state index contributed by atoms with van der Waals surface area (Å²) in [6, 6.07) is 4.68. The number of methoxy groups -OCH3 is 1.